The maximum atomic E-state index is 12.2. The molecule has 2 aromatic rings. The fourth-order valence-corrected chi connectivity index (χ4v) is 5.59. The first-order chi connectivity index (χ1) is 18.9. The van der Waals surface area contributed by atoms with E-state index in [-0.39, 0.29) is 23.8 Å². The van der Waals surface area contributed by atoms with Crippen LogP contribution in [0.2, 0.25) is 0 Å². The van der Waals surface area contributed by atoms with Gasteiger partial charge in [-0.15, -0.1) is 0 Å². The molecule has 2 aliphatic rings. The fraction of sp³-hybridized carbons (Fsp3) is 0.469. The topological polar surface area (TPSA) is 69.5 Å². The van der Waals surface area contributed by atoms with E-state index in [1.54, 1.807) is 6.92 Å². The van der Waals surface area contributed by atoms with Crippen LogP contribution in [0.4, 0.5) is 5.69 Å². The van der Waals surface area contributed by atoms with Crippen molar-refractivity contribution < 1.29 is 9.53 Å². The smallest absolute Gasteiger partial charge is 0.223 e. The zero-order valence-electron chi connectivity index (χ0n) is 24.1. The summed E-state index contributed by atoms with van der Waals surface area (Å²) < 4.78 is 6.30. The van der Waals surface area contributed by atoms with Crippen molar-refractivity contribution >= 4 is 23.6 Å². The molecule has 2 aromatic carbocycles. The summed E-state index contributed by atoms with van der Waals surface area (Å²) in [5.74, 6) is 1.93. The van der Waals surface area contributed by atoms with E-state index in [4.69, 9.17) is 9.73 Å². The third-order valence-electron chi connectivity index (χ3n) is 7.53. The number of anilines is 1. The molecule has 0 fully saturated rings. The van der Waals surface area contributed by atoms with E-state index < -0.39 is 0 Å². The third-order valence-corrected chi connectivity index (χ3v) is 7.53. The van der Waals surface area contributed by atoms with Gasteiger partial charge in [0.25, 0.3) is 0 Å². The maximum absolute atomic E-state index is 12.2. The number of carbonyl (C=O) groups excluding carboxylic acids is 1. The number of benzene rings is 2. The second-order valence-corrected chi connectivity index (χ2v) is 10.6. The van der Waals surface area contributed by atoms with Gasteiger partial charge in [-0.25, -0.2) is 0 Å². The zero-order chi connectivity index (χ0) is 27.8. The largest absolute Gasteiger partial charge is 0.478 e. The molecular weight excluding hydrogens is 486 g/mol. The molecule has 0 saturated heterocycles. The van der Waals surface area contributed by atoms with Gasteiger partial charge in [-0.05, 0) is 62.5 Å². The van der Waals surface area contributed by atoms with Crippen molar-refractivity contribution in [2.45, 2.75) is 65.8 Å². The van der Waals surface area contributed by atoms with Gasteiger partial charge in [-0.1, -0.05) is 68.8 Å². The number of aliphatic imine (C=N–C) groups is 1. The lowest BCUT2D eigenvalue weighted by molar-refractivity contribution is -0.116. The highest BCUT2D eigenvalue weighted by molar-refractivity contribution is 5.94. The van der Waals surface area contributed by atoms with Crippen molar-refractivity contribution in [3.05, 3.63) is 77.2 Å². The van der Waals surface area contributed by atoms with Crippen LogP contribution in [0, 0.1) is 12.8 Å². The number of rotatable bonds is 11. The predicted octanol–water partition coefficient (Wildman–Crippen LogP) is 5.86. The van der Waals surface area contributed by atoms with Crippen molar-refractivity contribution in [1.29, 1.82) is 0 Å². The standard InChI is InChI=1S/C32H43N5O2/c1-6-16-36(17-7-2)30-20-31(34-32(24(30)4)35-33-21-26-12-10-11-23(3)19-26)39-18-15-27-22-37(25(5)38)29-14-9-8-13-28(27)29/h8-14,19-21,24,27,30H,6-7,15-18,22H2,1-5H3,(H,34,35)/b33-21+. The number of nitrogens with one attached hydrogen (secondary N) is 1. The van der Waals surface area contributed by atoms with Crippen LogP contribution in [0.1, 0.15) is 69.6 Å². The second kappa shape index (κ2) is 13.6. The van der Waals surface area contributed by atoms with Crippen molar-refractivity contribution in [2.24, 2.45) is 16.0 Å². The monoisotopic (exact) mass is 529 g/mol. The minimum absolute atomic E-state index is 0.0798. The highest BCUT2D eigenvalue weighted by Crippen LogP contribution is 2.38. The average Bonchev–Trinajstić information content (AvgIpc) is 3.29. The maximum Gasteiger partial charge on any atom is 0.223 e. The summed E-state index contributed by atoms with van der Waals surface area (Å²) in [5.41, 5.74) is 7.71. The van der Waals surface area contributed by atoms with E-state index in [2.05, 4.69) is 67.4 Å². The Balaban J connectivity index is 1.48. The Morgan fingerprint density at radius 3 is 2.67 bits per heavy atom. The normalized spacial score (nSPS) is 20.7. The number of fused-ring (bicyclic) bond motifs is 1. The molecule has 0 radical (unpaired) electrons. The molecular formula is C32H43N5O2. The number of nitrogens with zero attached hydrogens (tertiary/aromatic N) is 4. The van der Waals surface area contributed by atoms with Crippen LogP contribution in [0.3, 0.4) is 0 Å². The number of hydrazone groups is 1. The van der Waals surface area contributed by atoms with Crippen LogP contribution in [0.5, 0.6) is 0 Å². The summed E-state index contributed by atoms with van der Waals surface area (Å²) in [4.78, 5) is 21.4. The number of aryl methyl sites for hydroxylation is 1. The molecule has 0 saturated carbocycles. The van der Waals surface area contributed by atoms with E-state index in [0.717, 1.165) is 49.4 Å². The molecule has 0 aromatic heterocycles. The minimum Gasteiger partial charge on any atom is -0.478 e. The molecule has 0 spiro atoms. The molecule has 0 bridgehead atoms. The Bertz CT molecular complexity index is 1210. The zero-order valence-corrected chi connectivity index (χ0v) is 24.1. The van der Waals surface area contributed by atoms with Crippen LogP contribution < -0.4 is 10.3 Å². The lowest BCUT2D eigenvalue weighted by Crippen LogP contribution is -2.46. The van der Waals surface area contributed by atoms with Crippen LogP contribution in [-0.2, 0) is 9.53 Å². The summed E-state index contributed by atoms with van der Waals surface area (Å²) in [6, 6.07) is 16.6. The first kappa shape index (κ1) is 28.6. The van der Waals surface area contributed by atoms with Gasteiger partial charge in [0, 0.05) is 37.0 Å². The molecule has 2 aliphatic heterocycles. The van der Waals surface area contributed by atoms with Gasteiger partial charge < -0.3 is 9.64 Å². The highest BCUT2D eigenvalue weighted by Gasteiger charge is 2.32. The van der Waals surface area contributed by atoms with Gasteiger partial charge in [0.05, 0.1) is 12.8 Å². The van der Waals surface area contributed by atoms with Gasteiger partial charge in [0.2, 0.25) is 11.8 Å². The van der Waals surface area contributed by atoms with Crippen molar-refractivity contribution in [3.8, 4) is 0 Å². The highest BCUT2D eigenvalue weighted by atomic mass is 16.5. The Labute approximate surface area is 233 Å². The van der Waals surface area contributed by atoms with Gasteiger partial charge in [0.15, 0.2) is 0 Å². The molecule has 7 heteroatoms. The van der Waals surface area contributed by atoms with Gasteiger partial charge in [0.1, 0.15) is 5.84 Å². The Morgan fingerprint density at radius 2 is 1.95 bits per heavy atom. The Kier molecular flexibility index (Phi) is 9.93. The van der Waals surface area contributed by atoms with E-state index in [1.807, 2.05) is 41.4 Å². The van der Waals surface area contributed by atoms with E-state index >= 15 is 0 Å². The molecule has 3 atom stereocenters. The first-order valence-corrected chi connectivity index (χ1v) is 14.3. The van der Waals surface area contributed by atoms with Crippen LogP contribution in [0.25, 0.3) is 0 Å². The van der Waals surface area contributed by atoms with E-state index in [9.17, 15) is 4.79 Å². The number of ether oxygens (including phenoxy) is 1. The summed E-state index contributed by atoms with van der Waals surface area (Å²) in [7, 11) is 0. The van der Waals surface area contributed by atoms with Gasteiger partial charge in [-0.3, -0.25) is 15.1 Å². The number of hydrogen-bond donors (Lipinski definition) is 1. The average molecular weight is 530 g/mol. The summed E-state index contributed by atoms with van der Waals surface area (Å²) in [5, 5.41) is 4.53. The van der Waals surface area contributed by atoms with E-state index in [1.165, 1.54) is 11.1 Å². The Hall–Kier alpha value is -3.45. The molecule has 1 N–H and O–H groups in total. The van der Waals surface area contributed by atoms with Gasteiger partial charge >= 0.3 is 0 Å². The van der Waals surface area contributed by atoms with Crippen LogP contribution >= 0.6 is 0 Å². The fourth-order valence-electron chi connectivity index (χ4n) is 5.59. The van der Waals surface area contributed by atoms with Crippen molar-refractivity contribution in [3.63, 3.8) is 0 Å². The molecule has 1 amide bonds. The van der Waals surface area contributed by atoms with Crippen molar-refractivity contribution in [1.82, 2.24) is 10.3 Å². The summed E-state index contributed by atoms with van der Waals surface area (Å²) in [6.45, 7) is 13.6. The predicted molar refractivity (Wildman–Crippen MR) is 160 cm³/mol. The number of hydrogen-bond acceptors (Lipinski definition) is 6. The summed E-state index contributed by atoms with van der Waals surface area (Å²) in [6.07, 6.45) is 7.01. The van der Waals surface area contributed by atoms with Crippen molar-refractivity contribution in [2.75, 3.05) is 31.1 Å². The molecule has 0 aliphatic carbocycles. The molecule has 3 unspecified atom stereocenters. The third kappa shape index (κ3) is 7.15. The number of para-hydroxylation sites is 1. The lowest BCUT2D eigenvalue weighted by atomic mass is 9.96. The molecule has 4 rings (SSSR count). The minimum atomic E-state index is 0.0798. The molecule has 2 heterocycles. The van der Waals surface area contributed by atoms with Crippen LogP contribution in [0.15, 0.2) is 70.6 Å². The SMILES string of the molecule is CCCN(CCC)C1C=C(OCCC2CN(C(C)=O)c3ccccc32)N=C(N/N=C/c2cccc(C)c2)C1C. The Morgan fingerprint density at radius 1 is 1.18 bits per heavy atom. The number of amides is 1. The van der Waals surface area contributed by atoms with Crippen LogP contribution in [-0.4, -0.2) is 55.1 Å². The van der Waals surface area contributed by atoms with Gasteiger partial charge in [-0.2, -0.15) is 10.1 Å². The first-order valence-electron chi connectivity index (χ1n) is 14.3. The number of carbonyl (C=O) groups is 1. The lowest BCUT2D eigenvalue weighted by Gasteiger charge is -2.36. The molecule has 7 nitrogen and oxygen atoms in total. The summed E-state index contributed by atoms with van der Waals surface area (Å²) >= 11 is 0. The molecule has 39 heavy (non-hydrogen) atoms. The quantitative estimate of drug-likeness (QED) is 0.293. The van der Waals surface area contributed by atoms with E-state index in [0.29, 0.717) is 19.0 Å². The number of amidine groups is 1. The molecule has 208 valence electrons. The second-order valence-electron chi connectivity index (χ2n) is 10.6.